The Morgan fingerprint density at radius 1 is 1.31 bits per heavy atom. The smallest absolute Gasteiger partial charge is 0.194 e. The van der Waals surface area contributed by atoms with E-state index >= 15 is 0 Å². The lowest BCUT2D eigenvalue weighted by molar-refractivity contribution is -0.450. The van der Waals surface area contributed by atoms with Gasteiger partial charge in [-0.15, -0.1) is 0 Å². The molecule has 2 aliphatic rings. The van der Waals surface area contributed by atoms with Crippen LogP contribution in [0.2, 0.25) is 0 Å². The summed E-state index contributed by atoms with van der Waals surface area (Å²) in [6.07, 6.45) is 5.64. The van der Waals surface area contributed by atoms with Gasteiger partial charge < -0.3 is 4.74 Å². The Kier molecular flexibility index (Phi) is 3.88. The van der Waals surface area contributed by atoms with Crippen LogP contribution in [-0.4, -0.2) is 18.5 Å². The summed E-state index contributed by atoms with van der Waals surface area (Å²) in [7, 11) is 0. The van der Waals surface area contributed by atoms with E-state index < -0.39 is 0 Å². The van der Waals surface area contributed by atoms with Gasteiger partial charge in [0.25, 0.3) is 0 Å². The Bertz CT molecular complexity index is 223. The molecule has 3 atom stereocenters. The van der Waals surface area contributed by atoms with Gasteiger partial charge in [0.15, 0.2) is 6.29 Å². The van der Waals surface area contributed by atoms with Gasteiger partial charge in [0.05, 0.1) is 6.61 Å². The monoisotopic (exact) mass is 228 g/mol. The van der Waals surface area contributed by atoms with Crippen LogP contribution in [0.25, 0.3) is 0 Å². The quantitative estimate of drug-likeness (QED) is 0.691. The van der Waals surface area contributed by atoms with Gasteiger partial charge in [-0.1, -0.05) is 26.7 Å². The first-order valence-corrected chi connectivity index (χ1v) is 6.63. The van der Waals surface area contributed by atoms with Crippen LogP contribution in [0.1, 0.15) is 52.9 Å². The van der Waals surface area contributed by atoms with E-state index in [1.54, 1.807) is 0 Å². The summed E-state index contributed by atoms with van der Waals surface area (Å²) in [5.74, 6) is 1.28. The minimum absolute atomic E-state index is 0.102. The second kappa shape index (κ2) is 5.03. The minimum Gasteiger partial charge on any atom is -0.349 e. The number of fused-ring (bicyclic) bond motifs is 1. The summed E-state index contributed by atoms with van der Waals surface area (Å²) >= 11 is 0. The van der Waals surface area contributed by atoms with Gasteiger partial charge in [0.1, 0.15) is 5.60 Å². The van der Waals surface area contributed by atoms with Crippen molar-refractivity contribution in [2.75, 3.05) is 6.61 Å². The van der Waals surface area contributed by atoms with E-state index in [0.29, 0.717) is 5.92 Å². The molecule has 2 rings (SSSR count). The van der Waals surface area contributed by atoms with E-state index in [-0.39, 0.29) is 11.9 Å². The zero-order valence-electron chi connectivity index (χ0n) is 10.7. The molecule has 2 fully saturated rings. The standard InChI is InChI=1S/C13H24O3/c1-4-10(5-2)8-13(3)9-11-6-7-14-12(11)15-16-13/h10-12H,4-9H2,1-3H3/t11-,12+,13+/m1/s1. The SMILES string of the molecule is CCC(CC)C[C@@]1(C)C[C@H]2CCO[C@H]2OO1. The molecule has 3 nitrogen and oxygen atoms in total. The van der Waals surface area contributed by atoms with Crippen LogP contribution >= 0.6 is 0 Å². The predicted octanol–water partition coefficient (Wildman–Crippen LogP) is 3.29. The van der Waals surface area contributed by atoms with Crippen molar-refractivity contribution in [3.8, 4) is 0 Å². The summed E-state index contributed by atoms with van der Waals surface area (Å²) in [5.41, 5.74) is -0.106. The molecule has 2 saturated heterocycles. The van der Waals surface area contributed by atoms with Crippen molar-refractivity contribution in [1.29, 1.82) is 0 Å². The third kappa shape index (κ3) is 2.58. The van der Waals surface area contributed by atoms with Gasteiger partial charge >= 0.3 is 0 Å². The molecule has 0 aromatic carbocycles. The Balaban J connectivity index is 1.92. The number of hydrogen-bond donors (Lipinski definition) is 0. The largest absolute Gasteiger partial charge is 0.349 e. The average molecular weight is 228 g/mol. The molecule has 0 N–H and O–H groups in total. The second-order valence-electron chi connectivity index (χ2n) is 5.51. The maximum Gasteiger partial charge on any atom is 0.194 e. The van der Waals surface area contributed by atoms with Crippen molar-refractivity contribution in [3.05, 3.63) is 0 Å². The maximum absolute atomic E-state index is 5.59. The number of hydrogen-bond acceptors (Lipinski definition) is 3. The minimum atomic E-state index is -0.106. The van der Waals surface area contributed by atoms with Gasteiger partial charge in [-0.05, 0) is 32.1 Å². The van der Waals surface area contributed by atoms with Crippen molar-refractivity contribution >= 4 is 0 Å². The predicted molar refractivity (Wildman–Crippen MR) is 61.7 cm³/mol. The molecule has 0 aromatic rings. The number of rotatable bonds is 4. The second-order valence-corrected chi connectivity index (χ2v) is 5.51. The highest BCUT2D eigenvalue weighted by Crippen LogP contribution is 2.41. The Morgan fingerprint density at radius 2 is 2.06 bits per heavy atom. The van der Waals surface area contributed by atoms with Crippen molar-refractivity contribution in [3.63, 3.8) is 0 Å². The van der Waals surface area contributed by atoms with Crippen LogP contribution in [0.5, 0.6) is 0 Å². The number of ether oxygens (including phenoxy) is 1. The van der Waals surface area contributed by atoms with E-state index in [0.717, 1.165) is 31.8 Å². The van der Waals surface area contributed by atoms with Crippen LogP contribution in [-0.2, 0) is 14.5 Å². The lowest BCUT2D eigenvalue weighted by Crippen LogP contribution is -2.42. The van der Waals surface area contributed by atoms with Gasteiger partial charge in [-0.25, -0.2) is 9.78 Å². The topological polar surface area (TPSA) is 27.7 Å². The van der Waals surface area contributed by atoms with Gasteiger partial charge in [-0.3, -0.25) is 0 Å². The fraction of sp³-hybridized carbons (Fsp3) is 1.00. The highest BCUT2D eigenvalue weighted by Gasteiger charge is 2.44. The zero-order valence-corrected chi connectivity index (χ0v) is 10.7. The molecule has 16 heavy (non-hydrogen) atoms. The molecule has 0 saturated carbocycles. The van der Waals surface area contributed by atoms with E-state index in [1.807, 2.05) is 0 Å². The summed E-state index contributed by atoms with van der Waals surface area (Å²) in [6.45, 7) is 7.50. The van der Waals surface area contributed by atoms with E-state index in [2.05, 4.69) is 20.8 Å². The molecule has 0 amide bonds. The van der Waals surface area contributed by atoms with Crippen LogP contribution < -0.4 is 0 Å². The zero-order chi connectivity index (χ0) is 11.6. The Morgan fingerprint density at radius 3 is 2.75 bits per heavy atom. The summed E-state index contributed by atoms with van der Waals surface area (Å²) in [6, 6.07) is 0. The highest BCUT2D eigenvalue weighted by molar-refractivity contribution is 4.86. The van der Waals surface area contributed by atoms with Crippen molar-refractivity contribution in [1.82, 2.24) is 0 Å². The van der Waals surface area contributed by atoms with Crippen LogP contribution in [0, 0.1) is 11.8 Å². The first kappa shape index (κ1) is 12.3. The summed E-state index contributed by atoms with van der Waals surface area (Å²) < 4.78 is 5.46. The van der Waals surface area contributed by atoms with Crippen LogP contribution in [0.15, 0.2) is 0 Å². The van der Waals surface area contributed by atoms with Gasteiger partial charge in [-0.2, -0.15) is 0 Å². The first-order chi connectivity index (χ1) is 7.67. The van der Waals surface area contributed by atoms with Crippen molar-refractivity contribution < 1.29 is 14.5 Å². The van der Waals surface area contributed by atoms with Gasteiger partial charge in [0.2, 0.25) is 0 Å². The third-order valence-corrected chi connectivity index (χ3v) is 4.07. The lowest BCUT2D eigenvalue weighted by atomic mass is 9.81. The van der Waals surface area contributed by atoms with E-state index in [9.17, 15) is 0 Å². The molecule has 0 radical (unpaired) electrons. The van der Waals surface area contributed by atoms with E-state index in [4.69, 9.17) is 14.5 Å². The Labute approximate surface area is 98.4 Å². The van der Waals surface area contributed by atoms with Crippen molar-refractivity contribution in [2.45, 2.75) is 64.8 Å². The molecule has 94 valence electrons. The van der Waals surface area contributed by atoms with Crippen LogP contribution in [0.3, 0.4) is 0 Å². The Hall–Kier alpha value is -0.120. The maximum atomic E-state index is 5.59. The van der Waals surface area contributed by atoms with Crippen LogP contribution in [0.4, 0.5) is 0 Å². The molecule has 0 aliphatic carbocycles. The summed E-state index contributed by atoms with van der Waals surface area (Å²) in [5, 5.41) is 0. The lowest BCUT2D eigenvalue weighted by Gasteiger charge is -2.39. The third-order valence-electron chi connectivity index (χ3n) is 4.07. The molecule has 2 heterocycles. The molecular weight excluding hydrogens is 204 g/mol. The average Bonchev–Trinajstić information content (AvgIpc) is 2.72. The molecule has 0 spiro atoms. The molecule has 3 heteroatoms. The fourth-order valence-electron chi connectivity index (χ4n) is 2.97. The summed E-state index contributed by atoms with van der Waals surface area (Å²) in [4.78, 5) is 11.0. The van der Waals surface area contributed by atoms with Gasteiger partial charge in [0, 0.05) is 5.92 Å². The molecular formula is C13H24O3. The molecule has 0 unspecified atom stereocenters. The normalized spacial score (nSPS) is 39.0. The first-order valence-electron chi connectivity index (χ1n) is 6.63. The molecule has 2 aliphatic heterocycles. The fourth-order valence-corrected chi connectivity index (χ4v) is 2.97. The molecule has 0 bridgehead atoms. The van der Waals surface area contributed by atoms with Crippen molar-refractivity contribution in [2.24, 2.45) is 11.8 Å². The van der Waals surface area contributed by atoms with E-state index in [1.165, 1.54) is 12.8 Å². The highest BCUT2D eigenvalue weighted by atomic mass is 17.2. The molecule has 0 aromatic heterocycles.